The van der Waals surface area contributed by atoms with E-state index in [0.717, 1.165) is 6.42 Å². The average Bonchev–Trinajstić information content (AvgIpc) is 2.44. The van der Waals surface area contributed by atoms with Crippen LogP contribution >= 0.6 is 0 Å². The van der Waals surface area contributed by atoms with Gasteiger partial charge in [-0.05, 0) is 27.2 Å². The summed E-state index contributed by atoms with van der Waals surface area (Å²) in [5, 5.41) is 5.35. The number of hydrogen-bond donors (Lipinski definition) is 3. The quantitative estimate of drug-likeness (QED) is 0.446. The number of ether oxygens (including phenoxy) is 3. The molecular weight excluding hydrogens is 302 g/mol. The Morgan fingerprint density at radius 2 is 1.65 bits per heavy atom. The predicted octanol–water partition coefficient (Wildman–Crippen LogP) is 0.399. The lowest BCUT2D eigenvalue weighted by Crippen LogP contribution is -2.34. The van der Waals surface area contributed by atoms with E-state index in [9.17, 15) is 9.59 Å². The second-order valence-electron chi connectivity index (χ2n) is 5.90. The molecule has 0 aromatic carbocycles. The van der Waals surface area contributed by atoms with Gasteiger partial charge in [-0.15, -0.1) is 0 Å². The van der Waals surface area contributed by atoms with Crippen molar-refractivity contribution in [2.24, 2.45) is 5.73 Å². The van der Waals surface area contributed by atoms with E-state index in [1.807, 2.05) is 0 Å². The van der Waals surface area contributed by atoms with Crippen molar-refractivity contribution >= 4 is 12.0 Å². The van der Waals surface area contributed by atoms with Crippen LogP contribution in [0.4, 0.5) is 4.79 Å². The Balaban J connectivity index is 3.37. The first-order valence-electron chi connectivity index (χ1n) is 7.94. The highest BCUT2D eigenvalue weighted by Gasteiger charge is 2.15. The molecule has 2 amide bonds. The minimum atomic E-state index is -0.515. The molecule has 0 saturated carbocycles. The molecule has 0 aliphatic heterocycles. The summed E-state index contributed by atoms with van der Waals surface area (Å²) in [5.74, 6) is -0.0658. The van der Waals surface area contributed by atoms with E-state index < -0.39 is 11.7 Å². The van der Waals surface area contributed by atoms with Gasteiger partial charge in [-0.2, -0.15) is 0 Å². The Kier molecular flexibility index (Phi) is 12.3. The summed E-state index contributed by atoms with van der Waals surface area (Å²) in [7, 11) is 0. The fourth-order valence-electron chi connectivity index (χ4n) is 1.48. The van der Waals surface area contributed by atoms with Gasteiger partial charge < -0.3 is 30.6 Å². The molecule has 136 valence electrons. The highest BCUT2D eigenvalue weighted by molar-refractivity contribution is 5.75. The van der Waals surface area contributed by atoms with E-state index in [0.29, 0.717) is 46.1 Å². The lowest BCUT2D eigenvalue weighted by Gasteiger charge is -2.19. The maximum atomic E-state index is 11.5. The molecule has 0 aromatic rings. The summed E-state index contributed by atoms with van der Waals surface area (Å²) in [6.07, 6.45) is 0.568. The van der Waals surface area contributed by atoms with Gasteiger partial charge in [0.15, 0.2) is 0 Å². The SMILES string of the molecule is CC(C)(C)OC(=O)NCCOCCC(=O)NCCCOCCN. The Morgan fingerprint density at radius 1 is 0.957 bits per heavy atom. The van der Waals surface area contributed by atoms with Crippen LogP contribution in [-0.4, -0.2) is 63.7 Å². The first kappa shape index (κ1) is 21.6. The number of amides is 2. The van der Waals surface area contributed by atoms with Crippen LogP contribution in [0.5, 0.6) is 0 Å². The van der Waals surface area contributed by atoms with Crippen LogP contribution in [0.2, 0.25) is 0 Å². The van der Waals surface area contributed by atoms with Crippen LogP contribution < -0.4 is 16.4 Å². The smallest absolute Gasteiger partial charge is 0.407 e. The molecule has 0 saturated heterocycles. The van der Waals surface area contributed by atoms with Gasteiger partial charge in [0, 0.05) is 32.7 Å². The standard InChI is InChI=1S/C15H31N3O5/c1-15(2,3)23-14(20)18-8-12-22-10-5-13(19)17-7-4-9-21-11-6-16/h4-12,16H2,1-3H3,(H,17,19)(H,18,20). The average molecular weight is 333 g/mol. The monoisotopic (exact) mass is 333 g/mol. The van der Waals surface area contributed by atoms with Crippen LogP contribution in [-0.2, 0) is 19.0 Å². The molecule has 8 heteroatoms. The maximum Gasteiger partial charge on any atom is 0.407 e. The van der Waals surface area contributed by atoms with Crippen LogP contribution in [0, 0.1) is 0 Å². The highest BCUT2D eigenvalue weighted by atomic mass is 16.6. The number of alkyl carbamates (subject to hydrolysis) is 1. The van der Waals surface area contributed by atoms with Gasteiger partial charge in [0.05, 0.1) is 19.8 Å². The number of nitrogens with one attached hydrogen (secondary N) is 2. The summed E-state index contributed by atoms with van der Waals surface area (Å²) in [6.45, 7) is 8.59. The van der Waals surface area contributed by atoms with Gasteiger partial charge in [-0.25, -0.2) is 4.79 Å². The molecule has 0 aromatic heterocycles. The summed E-state index contributed by atoms with van der Waals surface area (Å²) in [5.41, 5.74) is 4.77. The molecule has 0 atom stereocenters. The summed E-state index contributed by atoms with van der Waals surface area (Å²) in [6, 6.07) is 0. The van der Waals surface area contributed by atoms with Crippen LogP contribution in [0.25, 0.3) is 0 Å². The van der Waals surface area contributed by atoms with Gasteiger partial charge in [0.1, 0.15) is 5.60 Å². The fraction of sp³-hybridized carbons (Fsp3) is 0.867. The summed E-state index contributed by atoms with van der Waals surface area (Å²) >= 11 is 0. The molecule has 0 heterocycles. The third-order valence-corrected chi connectivity index (χ3v) is 2.44. The molecule has 0 radical (unpaired) electrons. The van der Waals surface area contributed by atoms with Crippen molar-refractivity contribution in [3.63, 3.8) is 0 Å². The second kappa shape index (κ2) is 13.1. The zero-order chi connectivity index (χ0) is 17.6. The molecule has 0 rings (SSSR count). The topological polar surface area (TPSA) is 112 Å². The van der Waals surface area contributed by atoms with Gasteiger partial charge in [-0.1, -0.05) is 0 Å². The van der Waals surface area contributed by atoms with Crippen LogP contribution in [0.1, 0.15) is 33.6 Å². The van der Waals surface area contributed by atoms with Crippen molar-refractivity contribution in [3.05, 3.63) is 0 Å². The van der Waals surface area contributed by atoms with Crippen molar-refractivity contribution in [2.45, 2.75) is 39.2 Å². The Morgan fingerprint density at radius 3 is 2.30 bits per heavy atom. The molecule has 0 spiro atoms. The lowest BCUT2D eigenvalue weighted by molar-refractivity contribution is -0.122. The third-order valence-electron chi connectivity index (χ3n) is 2.44. The molecule has 0 bridgehead atoms. The van der Waals surface area contributed by atoms with Gasteiger partial charge >= 0.3 is 6.09 Å². The molecule has 8 nitrogen and oxygen atoms in total. The van der Waals surface area contributed by atoms with Crippen molar-refractivity contribution in [1.82, 2.24) is 10.6 Å². The van der Waals surface area contributed by atoms with Crippen molar-refractivity contribution in [1.29, 1.82) is 0 Å². The number of hydrogen-bond acceptors (Lipinski definition) is 6. The largest absolute Gasteiger partial charge is 0.444 e. The fourth-order valence-corrected chi connectivity index (χ4v) is 1.48. The normalized spacial score (nSPS) is 11.1. The zero-order valence-corrected chi connectivity index (χ0v) is 14.5. The van der Waals surface area contributed by atoms with E-state index in [-0.39, 0.29) is 12.3 Å². The Hall–Kier alpha value is -1.38. The Bertz CT molecular complexity index is 332. The number of carbonyl (C=O) groups is 2. The molecular formula is C15H31N3O5. The van der Waals surface area contributed by atoms with Gasteiger partial charge in [0.2, 0.25) is 5.91 Å². The lowest BCUT2D eigenvalue weighted by atomic mass is 10.2. The van der Waals surface area contributed by atoms with E-state index >= 15 is 0 Å². The number of nitrogens with two attached hydrogens (primary N) is 1. The maximum absolute atomic E-state index is 11.5. The summed E-state index contributed by atoms with van der Waals surface area (Å²) < 4.78 is 15.5. The van der Waals surface area contributed by atoms with Gasteiger partial charge in [0.25, 0.3) is 0 Å². The molecule has 0 aliphatic carbocycles. The second-order valence-corrected chi connectivity index (χ2v) is 5.90. The predicted molar refractivity (Wildman–Crippen MR) is 87.2 cm³/mol. The highest BCUT2D eigenvalue weighted by Crippen LogP contribution is 2.05. The number of carbonyl (C=O) groups excluding carboxylic acids is 2. The van der Waals surface area contributed by atoms with Crippen molar-refractivity contribution < 1.29 is 23.8 Å². The zero-order valence-electron chi connectivity index (χ0n) is 14.5. The van der Waals surface area contributed by atoms with Crippen LogP contribution in [0.15, 0.2) is 0 Å². The first-order valence-corrected chi connectivity index (χ1v) is 7.94. The molecule has 0 fully saturated rings. The molecule has 0 aliphatic rings. The van der Waals surface area contributed by atoms with Crippen LogP contribution in [0.3, 0.4) is 0 Å². The minimum absolute atomic E-state index is 0.0658. The number of rotatable bonds is 12. The molecule has 23 heavy (non-hydrogen) atoms. The summed E-state index contributed by atoms with van der Waals surface area (Å²) in [4.78, 5) is 22.8. The molecule has 0 unspecified atom stereocenters. The van der Waals surface area contributed by atoms with Gasteiger partial charge in [-0.3, -0.25) is 4.79 Å². The van der Waals surface area contributed by atoms with Crippen molar-refractivity contribution in [2.75, 3.05) is 46.1 Å². The molecule has 4 N–H and O–H groups in total. The first-order chi connectivity index (χ1) is 10.8. The van der Waals surface area contributed by atoms with E-state index in [1.165, 1.54) is 0 Å². The van der Waals surface area contributed by atoms with E-state index in [1.54, 1.807) is 20.8 Å². The van der Waals surface area contributed by atoms with Crippen molar-refractivity contribution in [3.8, 4) is 0 Å². The minimum Gasteiger partial charge on any atom is -0.444 e. The third kappa shape index (κ3) is 16.8. The van der Waals surface area contributed by atoms with E-state index in [2.05, 4.69) is 10.6 Å². The van der Waals surface area contributed by atoms with E-state index in [4.69, 9.17) is 19.9 Å². The Labute approximate surface area is 138 Å².